The van der Waals surface area contributed by atoms with Crippen LogP contribution in [0.5, 0.6) is 0 Å². The maximum atomic E-state index is 12.1. The van der Waals surface area contributed by atoms with Gasteiger partial charge in [-0.15, -0.1) is 0 Å². The largest absolute Gasteiger partial charge is 0.339 e. The minimum absolute atomic E-state index is 0.361. The molecule has 0 fully saturated rings. The average molecular weight is 361 g/mol. The van der Waals surface area contributed by atoms with Crippen molar-refractivity contribution in [2.45, 2.75) is 0 Å². The van der Waals surface area contributed by atoms with Gasteiger partial charge in [0.15, 0.2) is 0 Å². The monoisotopic (exact) mass is 360 g/mol. The Morgan fingerprint density at radius 2 is 0.917 bits per heavy atom. The first-order valence-corrected chi connectivity index (χ1v) is 7.97. The van der Waals surface area contributed by atoms with Crippen molar-refractivity contribution in [2.75, 3.05) is 23.9 Å². The summed E-state index contributed by atoms with van der Waals surface area (Å²) in [6.07, 6.45) is 0. The third-order valence-electron chi connectivity index (χ3n) is 3.96. The van der Waals surface area contributed by atoms with Crippen LogP contribution in [0.15, 0.2) is 58.1 Å². The van der Waals surface area contributed by atoms with E-state index in [0.717, 1.165) is 11.4 Å². The quantitative estimate of drug-likeness (QED) is 0.656. The first-order chi connectivity index (χ1) is 11.4. The molecule has 122 valence electrons. The highest BCUT2D eigenvalue weighted by Gasteiger charge is 2.28. The van der Waals surface area contributed by atoms with Crippen LogP contribution in [0.1, 0.15) is 0 Å². The second kappa shape index (κ2) is 6.30. The van der Waals surface area contributed by atoms with Crippen molar-refractivity contribution in [1.82, 2.24) is 0 Å². The zero-order chi connectivity index (χ0) is 17.4. The fraction of sp³-hybridized carbons (Fsp3) is 0.111. The summed E-state index contributed by atoms with van der Waals surface area (Å²) in [5.74, 6) is 0. The highest BCUT2D eigenvalue weighted by Crippen LogP contribution is 2.33. The average Bonchev–Trinajstić information content (AvgIpc) is 2.59. The molecule has 3 aromatic rings. The topological polar surface area (TPSA) is 40.6 Å². The Bertz CT molecular complexity index is 864. The van der Waals surface area contributed by atoms with Crippen molar-refractivity contribution in [2.24, 2.45) is 0 Å². The van der Waals surface area contributed by atoms with Crippen molar-refractivity contribution in [3.05, 3.63) is 79.0 Å². The van der Waals surface area contributed by atoms with Crippen LogP contribution in [0.2, 0.25) is 10.0 Å². The van der Waals surface area contributed by atoms with Gasteiger partial charge < -0.3 is 9.80 Å². The highest BCUT2D eigenvalue weighted by atomic mass is 35.5. The van der Waals surface area contributed by atoms with Gasteiger partial charge in [-0.25, -0.2) is 0 Å². The van der Waals surface area contributed by atoms with Gasteiger partial charge in [0.2, 0.25) is 0 Å². The summed E-state index contributed by atoms with van der Waals surface area (Å²) >= 11 is 11.8. The van der Waals surface area contributed by atoms with Crippen LogP contribution in [0.25, 0.3) is 0 Å². The molecule has 6 heteroatoms. The van der Waals surface area contributed by atoms with Gasteiger partial charge >= 0.3 is 0 Å². The predicted molar refractivity (Wildman–Crippen MR) is 100 cm³/mol. The molecule has 0 aromatic heterocycles. The molecule has 3 rings (SSSR count). The predicted octanol–water partition coefficient (Wildman–Crippen LogP) is 4.13. The number of halogens is 2. The lowest BCUT2D eigenvalue weighted by molar-refractivity contribution is 1.10. The Labute approximate surface area is 149 Å². The highest BCUT2D eigenvalue weighted by molar-refractivity contribution is 6.30. The molecule has 0 radical (unpaired) electrons. The molecule has 0 aliphatic rings. The van der Waals surface area contributed by atoms with Gasteiger partial charge in [-0.3, -0.25) is 9.59 Å². The van der Waals surface area contributed by atoms with Crippen molar-refractivity contribution < 1.29 is 0 Å². The molecule has 24 heavy (non-hydrogen) atoms. The Kier molecular flexibility index (Phi) is 4.35. The van der Waals surface area contributed by atoms with Crippen LogP contribution in [0.3, 0.4) is 0 Å². The first-order valence-electron chi connectivity index (χ1n) is 7.22. The number of hydrogen-bond acceptors (Lipinski definition) is 4. The molecule has 3 aromatic carbocycles. The lowest BCUT2D eigenvalue weighted by Crippen LogP contribution is -2.41. The Morgan fingerprint density at radius 1 is 0.625 bits per heavy atom. The maximum absolute atomic E-state index is 12.1. The molecule has 0 spiro atoms. The summed E-state index contributed by atoms with van der Waals surface area (Å²) in [5, 5.41) is 1.21. The summed E-state index contributed by atoms with van der Waals surface area (Å²) in [4.78, 5) is 27.6. The lowest BCUT2D eigenvalue weighted by atomic mass is 10.1. The third-order valence-corrected chi connectivity index (χ3v) is 4.46. The second-order valence-corrected chi connectivity index (χ2v) is 6.30. The summed E-state index contributed by atoms with van der Waals surface area (Å²) in [7, 11) is 3.50. The van der Waals surface area contributed by atoms with E-state index in [1.54, 1.807) is 72.4 Å². The summed E-state index contributed by atoms with van der Waals surface area (Å²) < 4.78 is 0. The van der Waals surface area contributed by atoms with Crippen LogP contribution < -0.4 is 20.7 Å². The van der Waals surface area contributed by atoms with E-state index in [9.17, 15) is 9.59 Å². The van der Waals surface area contributed by atoms with E-state index in [1.807, 2.05) is 0 Å². The van der Waals surface area contributed by atoms with Gasteiger partial charge in [0.1, 0.15) is 11.4 Å². The smallest absolute Gasteiger partial charge is 0.253 e. The molecule has 0 aliphatic carbocycles. The maximum Gasteiger partial charge on any atom is 0.253 e. The van der Waals surface area contributed by atoms with E-state index in [2.05, 4.69) is 0 Å². The van der Waals surface area contributed by atoms with Gasteiger partial charge in [0.05, 0.1) is 0 Å². The van der Waals surface area contributed by atoms with Crippen LogP contribution >= 0.6 is 23.2 Å². The minimum Gasteiger partial charge on any atom is -0.339 e. The molecule has 0 N–H and O–H groups in total. The Balaban J connectivity index is 2.00. The summed E-state index contributed by atoms with van der Waals surface area (Å²) in [5.41, 5.74) is 1.28. The number of nitrogens with zero attached hydrogens (tertiary/aromatic N) is 2. The molecular formula is C18H14Cl2N2O2. The van der Waals surface area contributed by atoms with Crippen LogP contribution in [0.4, 0.5) is 22.7 Å². The molecule has 0 atom stereocenters. The molecule has 0 aliphatic heterocycles. The summed E-state index contributed by atoms with van der Waals surface area (Å²) in [6, 6.07) is 14.1. The first kappa shape index (κ1) is 16.6. The number of rotatable bonds is 4. The zero-order valence-electron chi connectivity index (χ0n) is 13.1. The molecular weight excluding hydrogens is 347 g/mol. The van der Waals surface area contributed by atoms with Crippen molar-refractivity contribution in [1.29, 1.82) is 0 Å². The second-order valence-electron chi connectivity index (χ2n) is 5.43. The van der Waals surface area contributed by atoms with E-state index < -0.39 is 10.9 Å². The normalized spacial score (nSPS) is 10.8. The van der Waals surface area contributed by atoms with E-state index in [1.165, 1.54) is 0 Å². The van der Waals surface area contributed by atoms with Crippen molar-refractivity contribution >= 4 is 46.0 Å². The van der Waals surface area contributed by atoms with Crippen molar-refractivity contribution in [3.63, 3.8) is 0 Å². The molecule has 0 amide bonds. The van der Waals surface area contributed by atoms with Crippen LogP contribution in [-0.2, 0) is 0 Å². The van der Waals surface area contributed by atoms with E-state index in [4.69, 9.17) is 23.2 Å². The standard InChI is InChI=1S/C18H14Cl2N2O2/c1-21(13-7-3-11(19)4-8-13)15-16(18(24)17(15)23)22(2)14-9-5-12(20)6-10-14/h3-10H,1-2H3. The molecule has 0 saturated carbocycles. The fourth-order valence-electron chi connectivity index (χ4n) is 2.58. The fourth-order valence-corrected chi connectivity index (χ4v) is 2.83. The van der Waals surface area contributed by atoms with Crippen LogP contribution in [-0.4, -0.2) is 14.1 Å². The van der Waals surface area contributed by atoms with Crippen molar-refractivity contribution in [3.8, 4) is 0 Å². The Hall–Kier alpha value is -2.30. The van der Waals surface area contributed by atoms with Gasteiger partial charge in [-0.2, -0.15) is 0 Å². The molecule has 0 heterocycles. The number of benzene rings is 2. The summed E-state index contributed by atoms with van der Waals surface area (Å²) in [6.45, 7) is 0. The van der Waals surface area contributed by atoms with Gasteiger partial charge in [0, 0.05) is 35.5 Å². The number of anilines is 4. The van der Waals surface area contributed by atoms with E-state index in [-0.39, 0.29) is 0 Å². The third kappa shape index (κ3) is 2.79. The molecule has 4 nitrogen and oxygen atoms in total. The van der Waals surface area contributed by atoms with Gasteiger partial charge in [-0.1, -0.05) is 23.2 Å². The SMILES string of the molecule is CN(c1ccc(Cl)cc1)c1c(N(C)c2ccc(Cl)cc2)c(=O)c1=O. The molecule has 0 bridgehead atoms. The molecule has 0 unspecified atom stereocenters. The van der Waals surface area contributed by atoms with Gasteiger partial charge in [0.25, 0.3) is 10.9 Å². The Morgan fingerprint density at radius 3 is 1.21 bits per heavy atom. The van der Waals surface area contributed by atoms with Gasteiger partial charge in [-0.05, 0) is 48.5 Å². The zero-order valence-corrected chi connectivity index (χ0v) is 14.6. The molecule has 0 saturated heterocycles. The van der Waals surface area contributed by atoms with E-state index >= 15 is 0 Å². The van der Waals surface area contributed by atoms with Crippen LogP contribution in [0, 0.1) is 0 Å². The lowest BCUT2D eigenvalue weighted by Gasteiger charge is -2.28. The minimum atomic E-state index is -0.497. The number of hydrogen-bond donors (Lipinski definition) is 0. The van der Waals surface area contributed by atoms with E-state index in [0.29, 0.717) is 21.4 Å².